The Morgan fingerprint density at radius 1 is 0.542 bits per heavy atom. The van der Waals surface area contributed by atoms with Crippen molar-refractivity contribution in [3.63, 3.8) is 0 Å². The number of rotatable bonds is 11. The third-order valence-corrected chi connectivity index (χ3v) is 10.8. The number of carbonyl (C=O) groups is 4. The summed E-state index contributed by atoms with van der Waals surface area (Å²) in [6, 6.07) is 35.2. The van der Waals surface area contributed by atoms with Gasteiger partial charge >= 0.3 is 23.9 Å². The molecule has 2 unspecified atom stereocenters. The summed E-state index contributed by atoms with van der Waals surface area (Å²) in [5, 5.41) is 1.92. The Bertz CT molecular complexity index is 2350. The Kier molecular flexibility index (Phi) is 17.8. The van der Waals surface area contributed by atoms with Crippen LogP contribution in [0.5, 0.6) is 11.8 Å². The van der Waals surface area contributed by atoms with Crippen LogP contribution in [-0.2, 0) is 38.1 Å². The number of fused-ring (bicyclic) bond motifs is 2. The summed E-state index contributed by atoms with van der Waals surface area (Å²) < 4.78 is 31.2. The van der Waals surface area contributed by atoms with Gasteiger partial charge in [-0.25, -0.2) is 9.97 Å². The molecule has 0 bridgehead atoms. The highest BCUT2D eigenvalue weighted by Gasteiger charge is 2.40. The van der Waals surface area contributed by atoms with Gasteiger partial charge in [0.05, 0.1) is 58.5 Å². The minimum atomic E-state index is -1.22. The van der Waals surface area contributed by atoms with E-state index in [0.717, 1.165) is 41.9 Å². The van der Waals surface area contributed by atoms with Crippen LogP contribution in [0.4, 0.5) is 0 Å². The highest BCUT2D eigenvalue weighted by molar-refractivity contribution is 9.10. The Morgan fingerprint density at radius 2 is 0.966 bits per heavy atom. The number of aromatic nitrogens is 2. The molecule has 12 nitrogen and oxygen atoms in total. The Balaban J connectivity index is 0.000000223. The van der Waals surface area contributed by atoms with Crippen LogP contribution in [-0.4, -0.2) is 76.5 Å². The molecule has 0 fully saturated rings. The minimum absolute atomic E-state index is 0.0459. The summed E-state index contributed by atoms with van der Waals surface area (Å²) in [6.45, 7) is 0. The quantitative estimate of drug-likeness (QED) is 0.0527. The predicted octanol–water partition coefficient (Wildman–Crippen LogP) is 9.31. The van der Waals surface area contributed by atoms with Crippen LogP contribution in [0.15, 0.2) is 118 Å². The van der Waals surface area contributed by atoms with Crippen molar-refractivity contribution < 1.29 is 47.6 Å². The van der Waals surface area contributed by atoms with Crippen LogP contribution in [0.25, 0.3) is 21.8 Å². The van der Waals surface area contributed by atoms with E-state index in [1.165, 1.54) is 41.1 Å². The largest absolute Gasteiger partial charge is 0.481 e. The number of hydrogen-bond acceptors (Lipinski definition) is 12. The number of methoxy groups -OCH3 is 6. The molecule has 59 heavy (non-hydrogen) atoms. The lowest BCUT2D eigenvalue weighted by molar-refractivity contribution is -0.159. The molecule has 6 aromatic rings. The fourth-order valence-electron chi connectivity index (χ4n) is 5.92. The highest BCUT2D eigenvalue weighted by atomic mass is 79.9. The number of halogens is 3. The molecule has 4 aromatic carbocycles. The molecular weight excluding hydrogens is 956 g/mol. The van der Waals surface area contributed by atoms with Crippen LogP contribution >= 0.6 is 47.8 Å². The number of benzene rings is 4. The number of hydrogen-bond donors (Lipinski definition) is 0. The first-order valence-electron chi connectivity index (χ1n) is 17.7. The molecule has 0 saturated carbocycles. The smallest absolute Gasteiger partial charge is 0.321 e. The number of pyridine rings is 2. The first-order valence-corrected chi connectivity index (χ1v) is 20.2. The van der Waals surface area contributed by atoms with E-state index in [1.54, 1.807) is 7.11 Å². The zero-order valence-corrected chi connectivity index (χ0v) is 37.7. The molecule has 0 aliphatic carbocycles. The molecule has 6 rings (SSSR count). The normalized spacial score (nSPS) is 11.5. The zero-order chi connectivity index (χ0) is 43.1. The van der Waals surface area contributed by atoms with Gasteiger partial charge in [-0.1, -0.05) is 108 Å². The van der Waals surface area contributed by atoms with Crippen molar-refractivity contribution in [1.29, 1.82) is 0 Å². The lowest BCUT2D eigenvalue weighted by Crippen LogP contribution is -2.33. The molecule has 15 heteroatoms. The first-order chi connectivity index (χ1) is 28.4. The lowest BCUT2D eigenvalue weighted by atomic mass is 9.80. The molecule has 2 atom stereocenters. The van der Waals surface area contributed by atoms with Crippen molar-refractivity contribution >= 4 is 93.5 Å². The van der Waals surface area contributed by atoms with Gasteiger partial charge in [-0.05, 0) is 59.7 Å². The number of alkyl halides is 1. The molecular formula is C44H41Br3N2O10. The molecule has 0 saturated heterocycles. The molecule has 0 spiro atoms. The van der Waals surface area contributed by atoms with Crippen LogP contribution in [0.2, 0.25) is 0 Å². The van der Waals surface area contributed by atoms with Crippen molar-refractivity contribution in [2.75, 3.05) is 42.7 Å². The standard InChI is InChI=1S/C22H20BrNO5.C17H13Br2NO.C5H8O4/c1-27-20-16(12-14-11-15(23)9-10-17(14)24-20)18(13-7-5-4-6-8-13)19(21(25)28-2)22(26)29-3;1-21-17-14(16(19)11-5-3-2-4-6-11)10-12-9-13(18)7-8-15(12)20-17;1-8-4(6)3-5(7)9-2/h4-12,18-19H,1-3H3;2-10,16H,1H3;3H2,1-2H3. The zero-order valence-electron chi connectivity index (χ0n) is 32.9. The van der Waals surface area contributed by atoms with Gasteiger partial charge in [-0.15, -0.1) is 0 Å². The van der Waals surface area contributed by atoms with E-state index in [2.05, 4.69) is 91.5 Å². The van der Waals surface area contributed by atoms with Gasteiger partial charge in [0.25, 0.3) is 0 Å². The number of carbonyl (C=O) groups excluding carboxylic acids is 4. The van der Waals surface area contributed by atoms with E-state index in [9.17, 15) is 19.2 Å². The Labute approximate surface area is 366 Å². The third-order valence-electron chi connectivity index (χ3n) is 8.77. The van der Waals surface area contributed by atoms with Gasteiger partial charge in [0.1, 0.15) is 6.42 Å². The maximum absolute atomic E-state index is 12.6. The van der Waals surface area contributed by atoms with Gasteiger partial charge in [0, 0.05) is 36.8 Å². The van der Waals surface area contributed by atoms with Crippen molar-refractivity contribution in [1.82, 2.24) is 9.97 Å². The van der Waals surface area contributed by atoms with E-state index in [4.69, 9.17) is 18.9 Å². The molecule has 0 aliphatic heterocycles. The number of ether oxygens (including phenoxy) is 6. The summed E-state index contributed by atoms with van der Waals surface area (Å²) >= 11 is 10.7. The second kappa shape index (κ2) is 22.7. The van der Waals surface area contributed by atoms with Gasteiger partial charge in [0.15, 0.2) is 5.92 Å². The van der Waals surface area contributed by atoms with E-state index >= 15 is 0 Å². The summed E-state index contributed by atoms with van der Waals surface area (Å²) in [7, 11) is 8.07. The molecule has 2 heterocycles. The van der Waals surface area contributed by atoms with E-state index in [1.807, 2.05) is 84.9 Å². The van der Waals surface area contributed by atoms with E-state index in [-0.39, 0.29) is 11.2 Å². The fraction of sp³-hybridized carbons (Fsp3) is 0.227. The first kappa shape index (κ1) is 46.3. The maximum Gasteiger partial charge on any atom is 0.321 e. The lowest BCUT2D eigenvalue weighted by Gasteiger charge is -2.25. The summed E-state index contributed by atoms with van der Waals surface area (Å²) in [5.74, 6) is -3.50. The van der Waals surface area contributed by atoms with Crippen molar-refractivity contribution in [2.24, 2.45) is 5.92 Å². The minimum Gasteiger partial charge on any atom is -0.481 e. The maximum atomic E-state index is 12.6. The SMILES string of the molecule is COC(=O)C(C(=O)OC)C(c1ccccc1)c1cc2cc(Br)ccc2nc1OC.COC(=O)CC(=O)OC.COc1nc2ccc(Br)cc2cc1C(Br)c1ccccc1. The monoisotopic (exact) mass is 994 g/mol. The fourth-order valence-corrected chi connectivity index (χ4v) is 7.31. The Hall–Kier alpha value is -5.38. The second-order valence-electron chi connectivity index (χ2n) is 12.4. The number of nitrogens with zero attached hydrogens (tertiary/aromatic N) is 2. The summed E-state index contributed by atoms with van der Waals surface area (Å²) in [5.41, 5.74) is 5.17. The summed E-state index contributed by atoms with van der Waals surface area (Å²) in [6.07, 6.45) is -0.312. The molecule has 0 radical (unpaired) electrons. The van der Waals surface area contributed by atoms with Crippen molar-refractivity contribution in [2.45, 2.75) is 17.2 Å². The van der Waals surface area contributed by atoms with Crippen LogP contribution in [0.3, 0.4) is 0 Å². The van der Waals surface area contributed by atoms with Crippen LogP contribution in [0, 0.1) is 5.92 Å². The van der Waals surface area contributed by atoms with Crippen LogP contribution in [0.1, 0.15) is 39.4 Å². The average Bonchev–Trinajstić information content (AvgIpc) is 3.27. The molecule has 0 aliphatic rings. The Morgan fingerprint density at radius 3 is 1.39 bits per heavy atom. The summed E-state index contributed by atoms with van der Waals surface area (Å²) in [4.78, 5) is 55.0. The van der Waals surface area contributed by atoms with Gasteiger partial charge in [0.2, 0.25) is 11.8 Å². The van der Waals surface area contributed by atoms with E-state index in [0.29, 0.717) is 17.3 Å². The van der Waals surface area contributed by atoms with Crippen LogP contribution < -0.4 is 9.47 Å². The topological polar surface area (TPSA) is 149 Å². The predicted molar refractivity (Wildman–Crippen MR) is 234 cm³/mol. The number of esters is 4. The van der Waals surface area contributed by atoms with Gasteiger partial charge in [-0.3, -0.25) is 19.2 Å². The molecule has 2 aromatic heterocycles. The van der Waals surface area contributed by atoms with Crippen molar-refractivity contribution in [3.8, 4) is 11.8 Å². The van der Waals surface area contributed by atoms with Crippen molar-refractivity contribution in [3.05, 3.63) is 140 Å². The molecule has 0 N–H and O–H groups in total. The highest BCUT2D eigenvalue weighted by Crippen LogP contribution is 2.40. The average molecular weight is 998 g/mol. The third kappa shape index (κ3) is 12.3. The van der Waals surface area contributed by atoms with Gasteiger partial charge in [-0.2, -0.15) is 0 Å². The molecule has 308 valence electrons. The van der Waals surface area contributed by atoms with Gasteiger partial charge < -0.3 is 28.4 Å². The van der Waals surface area contributed by atoms with E-state index < -0.39 is 35.7 Å². The second-order valence-corrected chi connectivity index (χ2v) is 15.1. The molecule has 0 amide bonds.